The number of amides is 1. The number of carbonyl (C=O) groups is 1. The number of benzene rings is 1. The van der Waals surface area contributed by atoms with Crippen molar-refractivity contribution in [3.05, 3.63) is 35.6 Å². The number of hydrogen-bond acceptors (Lipinski definition) is 6. The van der Waals surface area contributed by atoms with Crippen molar-refractivity contribution in [3.63, 3.8) is 0 Å². The summed E-state index contributed by atoms with van der Waals surface area (Å²) in [5, 5.41) is 6.29. The first-order chi connectivity index (χ1) is 11.1. The second-order valence-electron chi connectivity index (χ2n) is 4.60. The summed E-state index contributed by atoms with van der Waals surface area (Å²) in [6.07, 6.45) is 3.01. The molecule has 0 saturated heterocycles. The van der Waals surface area contributed by atoms with E-state index in [2.05, 4.69) is 10.5 Å². The Balaban J connectivity index is 2.16. The number of aryl methyl sites for hydroxylation is 1. The van der Waals surface area contributed by atoms with Gasteiger partial charge < -0.3 is 24.1 Å². The van der Waals surface area contributed by atoms with Gasteiger partial charge in [0, 0.05) is 12.1 Å². The highest BCUT2D eigenvalue weighted by molar-refractivity contribution is 6.01. The van der Waals surface area contributed by atoms with Crippen molar-refractivity contribution in [1.29, 1.82) is 0 Å². The highest BCUT2D eigenvalue weighted by Crippen LogP contribution is 2.38. The maximum absolute atomic E-state index is 11.9. The molecule has 1 N–H and O–H groups in total. The molecule has 1 aromatic heterocycles. The molecule has 0 aliphatic heterocycles. The lowest BCUT2D eigenvalue weighted by molar-refractivity contribution is -0.111. The van der Waals surface area contributed by atoms with Gasteiger partial charge in [-0.05, 0) is 30.7 Å². The van der Waals surface area contributed by atoms with Crippen LogP contribution in [0.15, 0.2) is 28.8 Å². The fourth-order valence-corrected chi connectivity index (χ4v) is 1.96. The lowest BCUT2D eigenvalue weighted by Gasteiger charge is -2.12. The van der Waals surface area contributed by atoms with Crippen molar-refractivity contribution >= 4 is 17.8 Å². The summed E-state index contributed by atoms with van der Waals surface area (Å²) in [6, 6.07) is 5.11. The minimum absolute atomic E-state index is 0.327. The van der Waals surface area contributed by atoms with Gasteiger partial charge in [-0.15, -0.1) is 0 Å². The van der Waals surface area contributed by atoms with Gasteiger partial charge in [0.15, 0.2) is 17.3 Å². The first kappa shape index (κ1) is 16.4. The van der Waals surface area contributed by atoms with Gasteiger partial charge in [-0.1, -0.05) is 5.16 Å². The van der Waals surface area contributed by atoms with Crippen LogP contribution in [0.5, 0.6) is 17.2 Å². The SMILES string of the molecule is COc1cc(C=CC(=O)Nc2cc(C)on2)cc(OC)c1OC. The minimum atomic E-state index is -0.327. The fraction of sp³-hybridized carbons (Fsp3) is 0.250. The molecule has 0 atom stereocenters. The van der Waals surface area contributed by atoms with Crippen LogP contribution in [0, 0.1) is 6.92 Å². The number of nitrogens with zero attached hydrogens (tertiary/aromatic N) is 1. The topological polar surface area (TPSA) is 82.8 Å². The normalized spacial score (nSPS) is 10.6. The van der Waals surface area contributed by atoms with Gasteiger partial charge in [0.1, 0.15) is 5.76 Å². The van der Waals surface area contributed by atoms with Crippen LogP contribution in [0.3, 0.4) is 0 Å². The van der Waals surface area contributed by atoms with E-state index < -0.39 is 0 Å². The molecule has 0 aliphatic rings. The van der Waals surface area contributed by atoms with E-state index in [1.165, 1.54) is 27.4 Å². The third-order valence-corrected chi connectivity index (χ3v) is 2.99. The number of anilines is 1. The van der Waals surface area contributed by atoms with E-state index in [1.807, 2.05) is 0 Å². The molecule has 1 aromatic carbocycles. The van der Waals surface area contributed by atoms with Crippen LogP contribution in [0.2, 0.25) is 0 Å². The lowest BCUT2D eigenvalue weighted by Crippen LogP contribution is -2.07. The standard InChI is InChI=1S/C16H18N2O5/c1-10-7-14(18-23-10)17-15(19)6-5-11-8-12(20-2)16(22-4)13(9-11)21-3/h5-9H,1-4H3,(H,17,18,19). The molecular formula is C16H18N2O5. The smallest absolute Gasteiger partial charge is 0.249 e. The quantitative estimate of drug-likeness (QED) is 0.825. The Morgan fingerprint density at radius 1 is 1.13 bits per heavy atom. The first-order valence-corrected chi connectivity index (χ1v) is 6.79. The molecule has 1 amide bonds. The van der Waals surface area contributed by atoms with Crippen LogP contribution in [0.4, 0.5) is 5.82 Å². The zero-order valence-electron chi connectivity index (χ0n) is 13.4. The van der Waals surface area contributed by atoms with Crippen LogP contribution in [0.25, 0.3) is 6.08 Å². The van der Waals surface area contributed by atoms with Crippen LogP contribution in [-0.4, -0.2) is 32.4 Å². The molecule has 0 aliphatic carbocycles. The second-order valence-corrected chi connectivity index (χ2v) is 4.60. The van der Waals surface area contributed by atoms with E-state index in [-0.39, 0.29) is 5.91 Å². The Labute approximate surface area is 133 Å². The molecule has 7 heteroatoms. The van der Waals surface area contributed by atoms with Crippen molar-refractivity contribution in [2.24, 2.45) is 0 Å². The number of methoxy groups -OCH3 is 3. The largest absolute Gasteiger partial charge is 0.493 e. The Bertz CT molecular complexity index is 696. The Hall–Kier alpha value is -2.96. The molecule has 122 valence electrons. The van der Waals surface area contributed by atoms with Gasteiger partial charge in [-0.25, -0.2) is 0 Å². The summed E-state index contributed by atoms with van der Waals surface area (Å²) >= 11 is 0. The molecular weight excluding hydrogens is 300 g/mol. The number of carbonyl (C=O) groups excluding carboxylic acids is 1. The highest BCUT2D eigenvalue weighted by Gasteiger charge is 2.12. The average molecular weight is 318 g/mol. The summed E-state index contributed by atoms with van der Waals surface area (Å²) in [5.41, 5.74) is 0.728. The minimum Gasteiger partial charge on any atom is -0.493 e. The summed E-state index contributed by atoms with van der Waals surface area (Å²) in [7, 11) is 4.60. The number of aromatic nitrogens is 1. The van der Waals surface area contributed by atoms with Crippen molar-refractivity contribution in [2.75, 3.05) is 26.6 Å². The van der Waals surface area contributed by atoms with Crippen molar-refractivity contribution in [2.45, 2.75) is 6.92 Å². The van der Waals surface area contributed by atoms with E-state index in [0.717, 1.165) is 5.56 Å². The summed E-state index contributed by atoms with van der Waals surface area (Å²) in [5.74, 6) is 2.18. The molecule has 1 heterocycles. The van der Waals surface area contributed by atoms with Crippen LogP contribution in [-0.2, 0) is 4.79 Å². The van der Waals surface area contributed by atoms with E-state index in [9.17, 15) is 4.79 Å². The Morgan fingerprint density at radius 2 is 1.78 bits per heavy atom. The highest BCUT2D eigenvalue weighted by atomic mass is 16.5. The van der Waals surface area contributed by atoms with Crippen LogP contribution < -0.4 is 19.5 Å². The molecule has 0 fully saturated rings. The predicted octanol–water partition coefficient (Wildman–Crippen LogP) is 2.66. The summed E-state index contributed by atoms with van der Waals surface area (Å²) < 4.78 is 20.7. The van der Waals surface area contributed by atoms with Gasteiger partial charge in [0.25, 0.3) is 0 Å². The van der Waals surface area contributed by atoms with Gasteiger partial charge in [-0.2, -0.15) is 0 Å². The summed E-state index contributed by atoms with van der Waals surface area (Å²) in [4.78, 5) is 11.9. The Kier molecular flexibility index (Phi) is 5.24. The van der Waals surface area contributed by atoms with E-state index >= 15 is 0 Å². The maximum atomic E-state index is 11.9. The number of nitrogens with one attached hydrogen (secondary N) is 1. The van der Waals surface area contributed by atoms with E-state index in [1.54, 1.807) is 31.2 Å². The molecule has 0 unspecified atom stereocenters. The molecule has 0 spiro atoms. The monoisotopic (exact) mass is 318 g/mol. The predicted molar refractivity (Wildman–Crippen MR) is 85.0 cm³/mol. The molecule has 0 saturated carbocycles. The Morgan fingerprint density at radius 3 is 2.26 bits per heavy atom. The van der Waals surface area contributed by atoms with Crippen molar-refractivity contribution in [1.82, 2.24) is 5.16 Å². The maximum Gasteiger partial charge on any atom is 0.249 e. The number of hydrogen-bond donors (Lipinski definition) is 1. The lowest BCUT2D eigenvalue weighted by atomic mass is 10.1. The van der Waals surface area contributed by atoms with Gasteiger partial charge >= 0.3 is 0 Å². The molecule has 2 rings (SSSR count). The third-order valence-electron chi connectivity index (χ3n) is 2.99. The van der Waals surface area contributed by atoms with Crippen LogP contribution in [0.1, 0.15) is 11.3 Å². The van der Waals surface area contributed by atoms with E-state index in [0.29, 0.717) is 28.8 Å². The van der Waals surface area contributed by atoms with E-state index in [4.69, 9.17) is 18.7 Å². The molecule has 0 bridgehead atoms. The molecule has 23 heavy (non-hydrogen) atoms. The van der Waals surface area contributed by atoms with Crippen molar-refractivity contribution < 1.29 is 23.5 Å². The zero-order valence-corrected chi connectivity index (χ0v) is 13.4. The summed E-state index contributed by atoms with van der Waals surface area (Å²) in [6.45, 7) is 1.74. The fourth-order valence-electron chi connectivity index (χ4n) is 1.96. The molecule has 2 aromatic rings. The van der Waals surface area contributed by atoms with Gasteiger partial charge in [0.05, 0.1) is 21.3 Å². The van der Waals surface area contributed by atoms with Gasteiger partial charge in [-0.3, -0.25) is 4.79 Å². The molecule has 0 radical (unpaired) electrons. The van der Waals surface area contributed by atoms with Crippen LogP contribution >= 0.6 is 0 Å². The number of ether oxygens (including phenoxy) is 3. The second kappa shape index (κ2) is 7.35. The zero-order chi connectivity index (χ0) is 16.8. The van der Waals surface area contributed by atoms with Crippen molar-refractivity contribution in [3.8, 4) is 17.2 Å². The first-order valence-electron chi connectivity index (χ1n) is 6.79. The van der Waals surface area contributed by atoms with Gasteiger partial charge in [0.2, 0.25) is 11.7 Å². The third kappa shape index (κ3) is 4.03. The number of rotatable bonds is 6. The molecule has 7 nitrogen and oxygen atoms in total. The average Bonchev–Trinajstić information content (AvgIpc) is 2.96.